The zero-order valence-electron chi connectivity index (χ0n) is 11.2. The maximum atomic E-state index is 11.7. The Labute approximate surface area is 127 Å². The topological polar surface area (TPSA) is 55.4 Å². The van der Waals surface area contributed by atoms with Gasteiger partial charge in [0.05, 0.1) is 5.92 Å². The number of halogens is 2. The summed E-state index contributed by atoms with van der Waals surface area (Å²) in [6.45, 7) is 3.60. The minimum Gasteiger partial charge on any atom is -0.455 e. The van der Waals surface area contributed by atoms with Crippen LogP contribution in [-0.4, -0.2) is 22.8 Å². The van der Waals surface area contributed by atoms with Gasteiger partial charge in [-0.3, -0.25) is 9.59 Å². The molecule has 4 nitrogen and oxygen atoms in total. The first-order valence-corrected chi connectivity index (χ1v) is 6.97. The molecule has 1 N–H and O–H groups in total. The summed E-state index contributed by atoms with van der Waals surface area (Å²) in [4.78, 5) is 23.2. The van der Waals surface area contributed by atoms with Gasteiger partial charge in [-0.05, 0) is 43.5 Å². The molecular formula is C14H15Cl2NO3. The van der Waals surface area contributed by atoms with Crippen LogP contribution in [0, 0.1) is 19.8 Å². The van der Waals surface area contributed by atoms with E-state index in [2.05, 4.69) is 5.32 Å². The van der Waals surface area contributed by atoms with Gasteiger partial charge >= 0.3 is 5.97 Å². The fraction of sp³-hybridized carbons (Fsp3) is 0.429. The normalized spacial score (nSPS) is 19.3. The molecule has 1 saturated carbocycles. The molecule has 1 aromatic rings. The molecule has 20 heavy (non-hydrogen) atoms. The number of amides is 1. The summed E-state index contributed by atoms with van der Waals surface area (Å²) in [6, 6.07) is 5.57. The Morgan fingerprint density at radius 1 is 1.35 bits per heavy atom. The molecule has 6 heteroatoms. The Balaban J connectivity index is 1.81. The number of esters is 1. The summed E-state index contributed by atoms with van der Waals surface area (Å²) in [6.07, 6.45) is 0.369. The van der Waals surface area contributed by atoms with Crippen molar-refractivity contribution in [2.75, 3.05) is 11.9 Å². The third kappa shape index (κ3) is 3.64. The molecule has 2 rings (SSSR count). The lowest BCUT2D eigenvalue weighted by Crippen LogP contribution is -2.22. The Kier molecular flexibility index (Phi) is 4.25. The summed E-state index contributed by atoms with van der Waals surface area (Å²) >= 11 is 11.5. The van der Waals surface area contributed by atoms with Crippen molar-refractivity contribution in [3.63, 3.8) is 0 Å². The van der Waals surface area contributed by atoms with Gasteiger partial charge in [-0.15, -0.1) is 23.2 Å². The number of alkyl halides is 2. The third-order valence-corrected chi connectivity index (χ3v) is 4.08. The number of nitrogens with one attached hydrogen (secondary N) is 1. The van der Waals surface area contributed by atoms with E-state index in [1.165, 1.54) is 0 Å². The van der Waals surface area contributed by atoms with Crippen LogP contribution in [0.4, 0.5) is 5.69 Å². The molecular weight excluding hydrogens is 301 g/mol. The predicted molar refractivity (Wildman–Crippen MR) is 78.0 cm³/mol. The van der Waals surface area contributed by atoms with Crippen LogP contribution < -0.4 is 5.32 Å². The van der Waals surface area contributed by atoms with E-state index in [1.807, 2.05) is 26.0 Å². The molecule has 108 valence electrons. The minimum atomic E-state index is -1.03. The van der Waals surface area contributed by atoms with Gasteiger partial charge < -0.3 is 10.1 Å². The van der Waals surface area contributed by atoms with Gasteiger partial charge in [0, 0.05) is 5.69 Å². The summed E-state index contributed by atoms with van der Waals surface area (Å²) in [5.41, 5.74) is 2.89. The first-order chi connectivity index (χ1) is 9.29. The van der Waals surface area contributed by atoms with Crippen molar-refractivity contribution >= 4 is 40.8 Å². The minimum absolute atomic E-state index is 0.341. The molecule has 0 radical (unpaired) electrons. The summed E-state index contributed by atoms with van der Waals surface area (Å²) in [5.74, 6) is -1.46. The fourth-order valence-electron chi connectivity index (χ4n) is 1.72. The van der Waals surface area contributed by atoms with Gasteiger partial charge in [-0.25, -0.2) is 0 Å². The number of carbonyl (C=O) groups excluding carboxylic acids is 2. The molecule has 1 aliphatic carbocycles. The molecule has 0 heterocycles. The van der Waals surface area contributed by atoms with Gasteiger partial charge in [0.25, 0.3) is 5.91 Å². The number of hydrogen-bond acceptors (Lipinski definition) is 3. The van der Waals surface area contributed by atoms with Crippen LogP contribution in [0.2, 0.25) is 0 Å². The van der Waals surface area contributed by atoms with Crippen molar-refractivity contribution in [3.05, 3.63) is 29.3 Å². The summed E-state index contributed by atoms with van der Waals surface area (Å²) in [7, 11) is 0. The van der Waals surface area contributed by atoms with Crippen LogP contribution in [0.3, 0.4) is 0 Å². The van der Waals surface area contributed by atoms with Crippen LogP contribution in [0.15, 0.2) is 18.2 Å². The molecule has 1 fully saturated rings. The predicted octanol–water partition coefficient (Wildman–Crippen LogP) is 2.98. The highest BCUT2D eigenvalue weighted by molar-refractivity contribution is 6.52. The van der Waals surface area contributed by atoms with E-state index in [9.17, 15) is 9.59 Å². The Hall–Kier alpha value is -1.26. The number of aryl methyl sites for hydroxylation is 2. The van der Waals surface area contributed by atoms with E-state index in [1.54, 1.807) is 6.07 Å². The largest absolute Gasteiger partial charge is 0.455 e. The van der Waals surface area contributed by atoms with Crippen molar-refractivity contribution in [1.82, 2.24) is 0 Å². The summed E-state index contributed by atoms with van der Waals surface area (Å²) < 4.78 is 3.84. The standard InChI is InChI=1S/C14H15Cl2NO3/c1-8-3-4-10(5-9(8)2)17-12(18)7-20-13(19)11-6-14(11,15)16/h3-5,11H,6-7H2,1-2H3,(H,17,18)/t11-/m0/s1. The van der Waals surface area contributed by atoms with Gasteiger partial charge in [0.2, 0.25) is 0 Å². The quantitative estimate of drug-likeness (QED) is 0.686. The van der Waals surface area contributed by atoms with Gasteiger partial charge in [-0.1, -0.05) is 6.07 Å². The lowest BCUT2D eigenvalue weighted by atomic mass is 10.1. The Morgan fingerprint density at radius 2 is 2.00 bits per heavy atom. The molecule has 0 saturated heterocycles. The zero-order valence-corrected chi connectivity index (χ0v) is 12.7. The molecule has 0 unspecified atom stereocenters. The number of hydrogen-bond donors (Lipinski definition) is 1. The first-order valence-electron chi connectivity index (χ1n) is 6.21. The molecule has 0 aliphatic heterocycles. The van der Waals surface area contributed by atoms with Crippen molar-refractivity contribution in [1.29, 1.82) is 0 Å². The van der Waals surface area contributed by atoms with Crippen molar-refractivity contribution in [3.8, 4) is 0 Å². The molecule has 0 aromatic heterocycles. The van der Waals surface area contributed by atoms with Crippen LogP contribution in [0.1, 0.15) is 17.5 Å². The number of ether oxygens (including phenoxy) is 1. The average Bonchev–Trinajstić information content (AvgIpc) is 3.00. The van der Waals surface area contributed by atoms with E-state index >= 15 is 0 Å². The van der Waals surface area contributed by atoms with Crippen molar-refractivity contribution in [2.24, 2.45) is 5.92 Å². The monoisotopic (exact) mass is 315 g/mol. The zero-order chi connectivity index (χ0) is 14.9. The van der Waals surface area contributed by atoms with Gasteiger partial charge in [0.15, 0.2) is 6.61 Å². The molecule has 1 atom stereocenters. The smallest absolute Gasteiger partial charge is 0.312 e. The third-order valence-electron chi connectivity index (χ3n) is 3.25. The van der Waals surface area contributed by atoms with Crippen LogP contribution in [-0.2, 0) is 14.3 Å². The van der Waals surface area contributed by atoms with E-state index in [4.69, 9.17) is 27.9 Å². The Bertz CT molecular complexity index is 557. The Morgan fingerprint density at radius 3 is 2.55 bits per heavy atom. The lowest BCUT2D eigenvalue weighted by Gasteiger charge is -2.08. The van der Waals surface area contributed by atoms with Crippen LogP contribution in [0.5, 0.6) is 0 Å². The van der Waals surface area contributed by atoms with E-state index in [0.29, 0.717) is 12.1 Å². The van der Waals surface area contributed by atoms with Crippen LogP contribution in [0.25, 0.3) is 0 Å². The molecule has 1 amide bonds. The lowest BCUT2D eigenvalue weighted by molar-refractivity contribution is -0.148. The maximum Gasteiger partial charge on any atom is 0.312 e. The number of carbonyl (C=O) groups is 2. The van der Waals surface area contributed by atoms with Crippen LogP contribution >= 0.6 is 23.2 Å². The number of rotatable bonds is 4. The summed E-state index contributed by atoms with van der Waals surface area (Å²) in [5, 5.41) is 2.66. The second kappa shape index (κ2) is 5.62. The first kappa shape index (κ1) is 15.1. The highest BCUT2D eigenvalue weighted by Crippen LogP contribution is 2.53. The van der Waals surface area contributed by atoms with Gasteiger partial charge in [0.1, 0.15) is 4.33 Å². The second-order valence-corrected chi connectivity index (χ2v) is 6.52. The second-order valence-electron chi connectivity index (χ2n) is 4.97. The van der Waals surface area contributed by atoms with Crippen molar-refractivity contribution < 1.29 is 14.3 Å². The number of anilines is 1. The van der Waals surface area contributed by atoms with Crippen molar-refractivity contribution in [2.45, 2.75) is 24.6 Å². The van der Waals surface area contributed by atoms with E-state index < -0.39 is 22.1 Å². The number of benzene rings is 1. The highest BCUT2D eigenvalue weighted by Gasteiger charge is 2.57. The van der Waals surface area contributed by atoms with E-state index in [-0.39, 0.29) is 6.61 Å². The maximum absolute atomic E-state index is 11.7. The molecule has 0 bridgehead atoms. The average molecular weight is 316 g/mol. The van der Waals surface area contributed by atoms with Gasteiger partial charge in [-0.2, -0.15) is 0 Å². The highest BCUT2D eigenvalue weighted by atomic mass is 35.5. The molecule has 0 spiro atoms. The molecule has 1 aromatic carbocycles. The van der Waals surface area contributed by atoms with E-state index in [0.717, 1.165) is 11.1 Å². The molecule has 1 aliphatic rings. The fourth-order valence-corrected chi connectivity index (χ4v) is 2.21. The SMILES string of the molecule is Cc1ccc(NC(=O)COC(=O)[C@@H]2CC2(Cl)Cl)cc1C.